The molecule has 1 fully saturated rings. The van der Waals surface area contributed by atoms with E-state index in [1.54, 1.807) is 55.5 Å². The van der Waals surface area contributed by atoms with Crippen molar-refractivity contribution in [1.29, 1.82) is 0 Å². The second kappa shape index (κ2) is 12.1. The van der Waals surface area contributed by atoms with E-state index in [9.17, 15) is 9.59 Å². The second-order valence-corrected chi connectivity index (χ2v) is 10.7. The molecule has 2 amide bonds. The first kappa shape index (κ1) is 27.5. The van der Waals surface area contributed by atoms with Crippen molar-refractivity contribution in [1.82, 2.24) is 10.3 Å². The molecular weight excluding hydrogens is 534 g/mol. The van der Waals surface area contributed by atoms with Crippen LogP contribution in [0.5, 0.6) is 23.0 Å². The van der Waals surface area contributed by atoms with Gasteiger partial charge in [-0.15, -0.1) is 0 Å². The molecular formula is C33H35N3O6. The van der Waals surface area contributed by atoms with Gasteiger partial charge in [-0.05, 0) is 48.7 Å². The lowest BCUT2D eigenvalue weighted by Gasteiger charge is -2.34. The van der Waals surface area contributed by atoms with E-state index in [0.717, 1.165) is 48.6 Å². The van der Waals surface area contributed by atoms with Crippen LogP contribution in [0.25, 0.3) is 10.9 Å². The quantitative estimate of drug-likeness (QED) is 0.269. The third kappa shape index (κ3) is 5.46. The van der Waals surface area contributed by atoms with E-state index in [1.165, 1.54) is 0 Å². The van der Waals surface area contributed by atoms with Crippen LogP contribution < -0.4 is 29.2 Å². The third-order valence-electron chi connectivity index (χ3n) is 8.11. The van der Waals surface area contributed by atoms with Gasteiger partial charge >= 0.3 is 0 Å². The number of nitrogens with one attached hydrogen (secondary N) is 2. The van der Waals surface area contributed by atoms with Gasteiger partial charge in [0.05, 0.1) is 20.6 Å². The molecule has 0 radical (unpaired) electrons. The first-order chi connectivity index (χ1) is 20.6. The maximum absolute atomic E-state index is 14.5. The van der Waals surface area contributed by atoms with Gasteiger partial charge in [-0.25, -0.2) is 0 Å². The molecule has 3 aromatic carbocycles. The number of aromatic nitrogens is 1. The number of benzene rings is 3. The monoisotopic (exact) mass is 569 g/mol. The molecule has 1 aliphatic carbocycles. The van der Waals surface area contributed by atoms with E-state index in [-0.39, 0.29) is 31.1 Å². The summed E-state index contributed by atoms with van der Waals surface area (Å²) in [5.41, 5.74) is 2.86. The Hall–Kier alpha value is -4.66. The highest BCUT2D eigenvalue weighted by atomic mass is 16.7. The van der Waals surface area contributed by atoms with Gasteiger partial charge < -0.3 is 29.2 Å². The smallest absolute Gasteiger partial charge is 0.248 e. The molecule has 42 heavy (non-hydrogen) atoms. The summed E-state index contributed by atoms with van der Waals surface area (Å²) < 4.78 is 22.4. The molecule has 1 saturated carbocycles. The standard InChI is InChI=1S/C33H35N3O6/c1-39-24-13-14-26(29(18-24)40-2)32(33(38)35-22-8-4-3-5-9-22)36(23-12-15-28-30(17-23)42-20-41-28)31(37)16-21-19-34-27-11-7-6-10-25(21)27/h6-7,10-15,17-19,22,32,34H,3-5,8-9,16,20H2,1-2H3,(H,35,38)/t32-/m1/s1. The third-order valence-corrected chi connectivity index (χ3v) is 8.11. The number of rotatable bonds is 9. The molecule has 1 aromatic heterocycles. The summed E-state index contributed by atoms with van der Waals surface area (Å²) in [6.45, 7) is 0.0972. The lowest BCUT2D eigenvalue weighted by atomic mass is 9.94. The number of aromatic amines is 1. The van der Waals surface area contributed by atoms with Crippen molar-refractivity contribution in [3.63, 3.8) is 0 Å². The van der Waals surface area contributed by atoms with Crippen molar-refractivity contribution < 1.29 is 28.5 Å². The zero-order valence-electron chi connectivity index (χ0n) is 23.9. The number of carbonyl (C=O) groups is 2. The molecule has 2 aliphatic rings. The van der Waals surface area contributed by atoms with Crippen LogP contribution in [0, 0.1) is 0 Å². The van der Waals surface area contributed by atoms with E-state index in [2.05, 4.69) is 10.3 Å². The van der Waals surface area contributed by atoms with Crippen molar-refractivity contribution in [2.24, 2.45) is 0 Å². The Balaban J connectivity index is 1.46. The van der Waals surface area contributed by atoms with E-state index >= 15 is 0 Å². The van der Waals surface area contributed by atoms with Crippen molar-refractivity contribution >= 4 is 28.4 Å². The first-order valence-corrected chi connectivity index (χ1v) is 14.3. The Labute approximate surface area is 244 Å². The number of ether oxygens (including phenoxy) is 4. The van der Waals surface area contributed by atoms with Gasteiger partial charge in [-0.1, -0.05) is 37.5 Å². The van der Waals surface area contributed by atoms with E-state index in [0.29, 0.717) is 34.2 Å². The van der Waals surface area contributed by atoms with Gasteiger partial charge in [0.15, 0.2) is 11.5 Å². The number of carbonyl (C=O) groups excluding carboxylic acids is 2. The second-order valence-electron chi connectivity index (χ2n) is 10.7. The minimum atomic E-state index is -1.02. The van der Waals surface area contributed by atoms with Gasteiger partial charge in [0, 0.05) is 46.5 Å². The average molecular weight is 570 g/mol. The molecule has 0 saturated heterocycles. The minimum absolute atomic E-state index is 0.0420. The molecule has 1 atom stereocenters. The summed E-state index contributed by atoms with van der Waals surface area (Å²) in [7, 11) is 3.12. The maximum atomic E-state index is 14.5. The fourth-order valence-electron chi connectivity index (χ4n) is 5.97. The van der Waals surface area contributed by atoms with Gasteiger partial charge in [0.25, 0.3) is 0 Å². The Bertz CT molecular complexity index is 1590. The number of anilines is 1. The van der Waals surface area contributed by atoms with Crippen LogP contribution in [0.1, 0.15) is 49.3 Å². The Morgan fingerprint density at radius 1 is 0.976 bits per heavy atom. The number of methoxy groups -OCH3 is 2. The Morgan fingerprint density at radius 2 is 1.79 bits per heavy atom. The number of fused-ring (bicyclic) bond motifs is 2. The van der Waals surface area contributed by atoms with Gasteiger partial charge in [-0.2, -0.15) is 0 Å². The molecule has 9 nitrogen and oxygen atoms in total. The molecule has 4 aromatic rings. The first-order valence-electron chi connectivity index (χ1n) is 14.3. The summed E-state index contributed by atoms with van der Waals surface area (Å²) in [5.74, 6) is 1.62. The SMILES string of the molecule is COc1ccc([C@H](C(=O)NC2CCCCC2)N(C(=O)Cc2c[nH]c3ccccc23)c2ccc3c(c2)OCO3)c(OC)c1. The van der Waals surface area contributed by atoms with Crippen LogP contribution in [0.4, 0.5) is 5.69 Å². The molecule has 218 valence electrons. The van der Waals surface area contributed by atoms with Crippen molar-refractivity contribution in [3.8, 4) is 23.0 Å². The highest BCUT2D eigenvalue weighted by Gasteiger charge is 2.37. The fraction of sp³-hybridized carbons (Fsp3) is 0.333. The Morgan fingerprint density at radius 3 is 2.60 bits per heavy atom. The lowest BCUT2D eigenvalue weighted by Crippen LogP contribution is -2.47. The highest BCUT2D eigenvalue weighted by Crippen LogP contribution is 2.41. The summed E-state index contributed by atoms with van der Waals surface area (Å²) >= 11 is 0. The topological polar surface area (TPSA) is 102 Å². The number of amides is 2. The number of nitrogens with zero attached hydrogens (tertiary/aromatic N) is 1. The zero-order valence-corrected chi connectivity index (χ0v) is 23.9. The molecule has 0 unspecified atom stereocenters. The van der Waals surface area contributed by atoms with E-state index in [4.69, 9.17) is 18.9 Å². The molecule has 9 heteroatoms. The summed E-state index contributed by atoms with van der Waals surface area (Å²) in [5, 5.41) is 4.22. The van der Waals surface area contributed by atoms with E-state index < -0.39 is 6.04 Å². The maximum Gasteiger partial charge on any atom is 0.248 e. The molecule has 2 N–H and O–H groups in total. The van der Waals surface area contributed by atoms with Crippen LogP contribution in [0.15, 0.2) is 66.9 Å². The van der Waals surface area contributed by atoms with Crippen LogP contribution in [-0.4, -0.2) is 43.9 Å². The predicted molar refractivity (Wildman–Crippen MR) is 159 cm³/mol. The predicted octanol–water partition coefficient (Wildman–Crippen LogP) is 5.68. The molecule has 2 heterocycles. The van der Waals surface area contributed by atoms with Crippen molar-refractivity contribution in [2.45, 2.75) is 50.6 Å². The normalized spacial score (nSPS) is 15.3. The largest absolute Gasteiger partial charge is 0.497 e. The molecule has 0 bridgehead atoms. The fourth-order valence-corrected chi connectivity index (χ4v) is 5.97. The number of H-pyrrole nitrogens is 1. The highest BCUT2D eigenvalue weighted by molar-refractivity contribution is 6.04. The van der Waals surface area contributed by atoms with Crippen LogP contribution in [0.2, 0.25) is 0 Å². The molecule has 0 spiro atoms. The van der Waals surface area contributed by atoms with E-state index in [1.807, 2.05) is 30.5 Å². The lowest BCUT2D eigenvalue weighted by molar-refractivity contribution is -0.127. The van der Waals surface area contributed by atoms with Crippen LogP contribution in [-0.2, 0) is 16.0 Å². The molecule has 1 aliphatic heterocycles. The Kier molecular flexibility index (Phi) is 7.90. The van der Waals surface area contributed by atoms with Crippen LogP contribution in [0.3, 0.4) is 0 Å². The number of hydrogen-bond donors (Lipinski definition) is 2. The van der Waals surface area contributed by atoms with Gasteiger partial charge in [0.2, 0.25) is 18.6 Å². The number of hydrogen-bond acceptors (Lipinski definition) is 6. The van der Waals surface area contributed by atoms with Gasteiger partial charge in [0.1, 0.15) is 17.5 Å². The summed E-state index contributed by atoms with van der Waals surface area (Å²) in [6.07, 6.45) is 7.03. The van der Waals surface area contributed by atoms with Gasteiger partial charge in [-0.3, -0.25) is 14.5 Å². The number of para-hydroxylation sites is 1. The molecule has 6 rings (SSSR count). The zero-order chi connectivity index (χ0) is 29.1. The van der Waals surface area contributed by atoms with Crippen LogP contribution >= 0.6 is 0 Å². The average Bonchev–Trinajstić information content (AvgIpc) is 3.66. The minimum Gasteiger partial charge on any atom is -0.497 e. The van der Waals surface area contributed by atoms with Crippen molar-refractivity contribution in [3.05, 3.63) is 78.0 Å². The van der Waals surface area contributed by atoms with Crippen molar-refractivity contribution in [2.75, 3.05) is 25.9 Å². The summed E-state index contributed by atoms with van der Waals surface area (Å²) in [6, 6.07) is 17.5. The summed E-state index contributed by atoms with van der Waals surface area (Å²) in [4.78, 5) is 33.6.